The van der Waals surface area contributed by atoms with Crippen LogP contribution in [0.1, 0.15) is 28.2 Å². The summed E-state index contributed by atoms with van der Waals surface area (Å²) in [4.78, 5) is 17.3. The smallest absolute Gasteiger partial charge is 0.174 e. The Bertz CT molecular complexity index is 641. The fourth-order valence-corrected chi connectivity index (χ4v) is 3.39. The van der Waals surface area contributed by atoms with Crippen molar-refractivity contribution in [2.45, 2.75) is 19.3 Å². The van der Waals surface area contributed by atoms with Crippen molar-refractivity contribution >= 4 is 17.1 Å². The molecule has 1 heterocycles. The van der Waals surface area contributed by atoms with Crippen molar-refractivity contribution in [1.29, 1.82) is 0 Å². The zero-order valence-electron chi connectivity index (χ0n) is 11.4. The molecule has 0 unspecified atom stereocenters. The van der Waals surface area contributed by atoms with Gasteiger partial charge in [-0.05, 0) is 25.0 Å². The van der Waals surface area contributed by atoms with Crippen molar-refractivity contribution in [3.8, 4) is 22.1 Å². The molecular weight excluding hydrogens is 274 g/mol. The molecule has 1 aromatic heterocycles. The number of fused-ring (bicyclic) bond motifs is 1. The minimum atomic E-state index is 0.213. The van der Waals surface area contributed by atoms with E-state index in [-0.39, 0.29) is 5.78 Å². The van der Waals surface area contributed by atoms with Gasteiger partial charge in [0.25, 0.3) is 0 Å². The Hall–Kier alpha value is -1.88. The van der Waals surface area contributed by atoms with Crippen LogP contribution < -0.4 is 9.47 Å². The van der Waals surface area contributed by atoms with Gasteiger partial charge in [-0.3, -0.25) is 4.79 Å². The Morgan fingerprint density at radius 3 is 2.40 bits per heavy atom. The van der Waals surface area contributed by atoms with E-state index in [1.807, 2.05) is 18.2 Å². The highest BCUT2D eigenvalue weighted by Gasteiger charge is 2.22. The predicted octanol–water partition coefficient (Wildman–Crippen LogP) is 3.35. The Morgan fingerprint density at radius 2 is 1.80 bits per heavy atom. The number of carbonyl (C=O) groups excluding carboxylic acids is 1. The van der Waals surface area contributed by atoms with Gasteiger partial charge in [0.2, 0.25) is 0 Å². The van der Waals surface area contributed by atoms with Crippen LogP contribution in [0.3, 0.4) is 0 Å². The van der Waals surface area contributed by atoms with Gasteiger partial charge in [0, 0.05) is 18.1 Å². The maximum atomic E-state index is 11.9. The number of aryl methyl sites for hydroxylation is 1. The maximum Gasteiger partial charge on any atom is 0.174 e. The summed E-state index contributed by atoms with van der Waals surface area (Å²) in [5.41, 5.74) is 1.86. The van der Waals surface area contributed by atoms with Crippen LogP contribution in [0.15, 0.2) is 18.2 Å². The molecule has 0 N–H and O–H groups in total. The summed E-state index contributed by atoms with van der Waals surface area (Å²) in [5.74, 6) is 1.66. The summed E-state index contributed by atoms with van der Waals surface area (Å²) >= 11 is 1.46. The first kappa shape index (κ1) is 13.1. The SMILES string of the molecule is COc1cc(OC)cc(-c2nc3c(s2)C(=O)CCC3)c1. The molecule has 104 valence electrons. The number of Topliss-reactive ketones (excluding diaryl/α,β-unsaturated/α-hetero) is 1. The second-order valence-electron chi connectivity index (χ2n) is 4.67. The van der Waals surface area contributed by atoms with E-state index in [1.54, 1.807) is 14.2 Å². The lowest BCUT2D eigenvalue weighted by molar-refractivity contribution is 0.0976. The van der Waals surface area contributed by atoms with Crippen LogP contribution in [0.4, 0.5) is 0 Å². The van der Waals surface area contributed by atoms with Crippen LogP contribution in [0.2, 0.25) is 0 Å². The van der Waals surface area contributed by atoms with Gasteiger partial charge in [-0.1, -0.05) is 0 Å². The van der Waals surface area contributed by atoms with Crippen LogP contribution in [0, 0.1) is 0 Å². The standard InChI is InChI=1S/C15H15NO3S/c1-18-10-6-9(7-11(8-10)19-2)15-16-12-4-3-5-13(17)14(12)20-15/h6-8H,3-5H2,1-2H3. The minimum Gasteiger partial charge on any atom is -0.497 e. The van der Waals surface area contributed by atoms with Crippen molar-refractivity contribution < 1.29 is 14.3 Å². The van der Waals surface area contributed by atoms with Crippen molar-refractivity contribution in [2.75, 3.05) is 14.2 Å². The van der Waals surface area contributed by atoms with Crippen LogP contribution >= 0.6 is 11.3 Å². The van der Waals surface area contributed by atoms with Gasteiger partial charge < -0.3 is 9.47 Å². The molecule has 0 amide bonds. The van der Waals surface area contributed by atoms with Gasteiger partial charge in [0.1, 0.15) is 16.5 Å². The highest BCUT2D eigenvalue weighted by atomic mass is 32.1. The van der Waals surface area contributed by atoms with E-state index in [2.05, 4.69) is 4.98 Å². The molecule has 2 aromatic rings. The first-order chi connectivity index (χ1) is 9.71. The minimum absolute atomic E-state index is 0.213. The quantitative estimate of drug-likeness (QED) is 0.869. The molecular formula is C15H15NO3S. The lowest BCUT2D eigenvalue weighted by atomic mass is 10.0. The fourth-order valence-electron chi connectivity index (χ4n) is 2.32. The van der Waals surface area contributed by atoms with E-state index in [9.17, 15) is 4.79 Å². The second kappa shape index (κ2) is 5.25. The lowest BCUT2D eigenvalue weighted by Gasteiger charge is -2.06. The van der Waals surface area contributed by atoms with Crippen molar-refractivity contribution in [3.63, 3.8) is 0 Å². The molecule has 5 heteroatoms. The number of ether oxygens (including phenoxy) is 2. The van der Waals surface area contributed by atoms with Gasteiger partial charge >= 0.3 is 0 Å². The Labute approximate surface area is 121 Å². The lowest BCUT2D eigenvalue weighted by Crippen LogP contribution is -2.07. The van der Waals surface area contributed by atoms with Gasteiger partial charge in [0.05, 0.1) is 24.8 Å². The number of aromatic nitrogens is 1. The normalized spacial score (nSPS) is 14.0. The highest BCUT2D eigenvalue weighted by Crippen LogP contribution is 2.36. The summed E-state index contributed by atoms with van der Waals surface area (Å²) < 4.78 is 10.5. The topological polar surface area (TPSA) is 48.4 Å². The summed E-state index contributed by atoms with van der Waals surface area (Å²) in [6.45, 7) is 0. The number of carbonyl (C=O) groups is 1. The summed E-state index contributed by atoms with van der Waals surface area (Å²) in [5, 5.41) is 0.849. The third kappa shape index (κ3) is 2.29. The average molecular weight is 289 g/mol. The van der Waals surface area contributed by atoms with E-state index in [0.29, 0.717) is 6.42 Å². The van der Waals surface area contributed by atoms with E-state index >= 15 is 0 Å². The molecule has 20 heavy (non-hydrogen) atoms. The summed E-state index contributed by atoms with van der Waals surface area (Å²) in [7, 11) is 3.24. The summed E-state index contributed by atoms with van der Waals surface area (Å²) in [6, 6.07) is 5.65. The maximum absolute atomic E-state index is 11.9. The largest absolute Gasteiger partial charge is 0.497 e. The van der Waals surface area contributed by atoms with Gasteiger partial charge in [0.15, 0.2) is 5.78 Å². The molecule has 0 radical (unpaired) electrons. The Kier molecular flexibility index (Phi) is 3.44. The monoisotopic (exact) mass is 289 g/mol. The first-order valence-electron chi connectivity index (χ1n) is 6.47. The molecule has 1 aliphatic carbocycles. The van der Waals surface area contributed by atoms with E-state index in [1.165, 1.54) is 11.3 Å². The molecule has 3 rings (SSSR count). The Morgan fingerprint density at radius 1 is 1.10 bits per heavy atom. The number of methoxy groups -OCH3 is 2. The van der Waals surface area contributed by atoms with Crippen LogP contribution in [0.25, 0.3) is 10.6 Å². The molecule has 0 atom stereocenters. The number of hydrogen-bond acceptors (Lipinski definition) is 5. The molecule has 1 aromatic carbocycles. The summed E-state index contributed by atoms with van der Waals surface area (Å²) in [6.07, 6.45) is 2.42. The van der Waals surface area contributed by atoms with Crippen LogP contribution in [-0.4, -0.2) is 25.0 Å². The molecule has 4 nitrogen and oxygen atoms in total. The van der Waals surface area contributed by atoms with Crippen LogP contribution in [0.5, 0.6) is 11.5 Å². The molecule has 1 aliphatic rings. The number of thiazole rings is 1. The van der Waals surface area contributed by atoms with Crippen molar-refractivity contribution in [2.24, 2.45) is 0 Å². The molecule has 0 saturated carbocycles. The van der Waals surface area contributed by atoms with Crippen LogP contribution in [-0.2, 0) is 6.42 Å². The van der Waals surface area contributed by atoms with E-state index in [0.717, 1.165) is 45.5 Å². The van der Waals surface area contributed by atoms with Gasteiger partial charge in [-0.15, -0.1) is 11.3 Å². The zero-order valence-corrected chi connectivity index (χ0v) is 12.3. The molecule has 0 bridgehead atoms. The van der Waals surface area contributed by atoms with Crippen molar-refractivity contribution in [1.82, 2.24) is 4.98 Å². The molecule has 0 spiro atoms. The van der Waals surface area contributed by atoms with E-state index in [4.69, 9.17) is 9.47 Å². The molecule has 0 fully saturated rings. The third-order valence-corrected chi connectivity index (χ3v) is 4.55. The van der Waals surface area contributed by atoms with E-state index < -0.39 is 0 Å². The Balaban J connectivity index is 2.07. The number of ketones is 1. The van der Waals surface area contributed by atoms with Gasteiger partial charge in [-0.25, -0.2) is 4.98 Å². The first-order valence-corrected chi connectivity index (χ1v) is 7.29. The predicted molar refractivity (Wildman–Crippen MR) is 77.9 cm³/mol. The van der Waals surface area contributed by atoms with Gasteiger partial charge in [-0.2, -0.15) is 0 Å². The number of benzene rings is 1. The van der Waals surface area contributed by atoms with Crippen molar-refractivity contribution in [3.05, 3.63) is 28.8 Å². The third-order valence-electron chi connectivity index (χ3n) is 3.37. The number of rotatable bonds is 3. The average Bonchev–Trinajstić information content (AvgIpc) is 2.92. The zero-order chi connectivity index (χ0) is 14.1. The molecule has 0 aliphatic heterocycles. The number of hydrogen-bond donors (Lipinski definition) is 0. The molecule has 0 saturated heterocycles. The highest BCUT2D eigenvalue weighted by molar-refractivity contribution is 7.17. The second-order valence-corrected chi connectivity index (χ2v) is 5.67. The fraction of sp³-hybridized carbons (Fsp3) is 0.333. The number of nitrogens with zero attached hydrogens (tertiary/aromatic N) is 1.